The fourth-order valence-electron chi connectivity index (χ4n) is 2.48. The first-order chi connectivity index (χ1) is 8.61. The molecule has 0 amide bonds. The molecular formula is C14H18ClN3. The third kappa shape index (κ3) is 2.77. The highest BCUT2D eigenvalue weighted by molar-refractivity contribution is 6.30. The van der Waals surface area contributed by atoms with Gasteiger partial charge in [0.25, 0.3) is 0 Å². The quantitative estimate of drug-likeness (QED) is 0.786. The Morgan fingerprint density at radius 1 is 1.56 bits per heavy atom. The minimum Gasteiger partial charge on any atom is -0.370 e. The molecule has 1 fully saturated rings. The van der Waals surface area contributed by atoms with E-state index >= 15 is 0 Å². The summed E-state index contributed by atoms with van der Waals surface area (Å²) in [6.07, 6.45) is 1.10. The van der Waals surface area contributed by atoms with Gasteiger partial charge in [-0.1, -0.05) is 17.7 Å². The first-order valence-corrected chi connectivity index (χ1v) is 6.58. The van der Waals surface area contributed by atoms with Gasteiger partial charge < -0.3 is 4.90 Å². The summed E-state index contributed by atoms with van der Waals surface area (Å²) in [7, 11) is 2.02. The number of likely N-dealkylation sites (N-methyl/N-ethyl adjacent to an activating group) is 1. The van der Waals surface area contributed by atoms with Crippen molar-refractivity contribution in [3.63, 3.8) is 0 Å². The number of benzene rings is 1. The van der Waals surface area contributed by atoms with Gasteiger partial charge in [-0.15, -0.1) is 0 Å². The van der Waals surface area contributed by atoms with Gasteiger partial charge in [0, 0.05) is 29.8 Å². The molecule has 3 nitrogen and oxygen atoms in total. The topological polar surface area (TPSA) is 30.3 Å². The third-order valence-electron chi connectivity index (χ3n) is 3.62. The lowest BCUT2D eigenvalue weighted by Gasteiger charge is -2.24. The molecule has 1 saturated heterocycles. The molecule has 0 aliphatic carbocycles. The van der Waals surface area contributed by atoms with E-state index in [1.165, 1.54) is 11.3 Å². The van der Waals surface area contributed by atoms with E-state index in [1.807, 2.05) is 19.2 Å². The van der Waals surface area contributed by atoms with Gasteiger partial charge in [0.2, 0.25) is 0 Å². The molecule has 0 radical (unpaired) electrons. The SMILES string of the molecule is Cc1ccc(Cl)cc1N1CCC(N(C)CC#N)C1. The summed E-state index contributed by atoms with van der Waals surface area (Å²) in [6.45, 7) is 4.60. The van der Waals surface area contributed by atoms with Crippen molar-refractivity contribution in [1.29, 1.82) is 5.26 Å². The smallest absolute Gasteiger partial charge is 0.0866 e. The van der Waals surface area contributed by atoms with Crippen molar-refractivity contribution in [2.75, 3.05) is 31.6 Å². The van der Waals surface area contributed by atoms with Crippen molar-refractivity contribution in [2.24, 2.45) is 0 Å². The van der Waals surface area contributed by atoms with Crippen LogP contribution in [0.5, 0.6) is 0 Å². The number of aryl methyl sites for hydroxylation is 1. The van der Waals surface area contributed by atoms with Crippen LogP contribution in [0.25, 0.3) is 0 Å². The maximum absolute atomic E-state index is 8.74. The molecule has 0 spiro atoms. The van der Waals surface area contributed by atoms with Crippen molar-refractivity contribution in [2.45, 2.75) is 19.4 Å². The molecule has 1 unspecified atom stereocenters. The summed E-state index contributed by atoms with van der Waals surface area (Å²) >= 11 is 6.06. The maximum atomic E-state index is 8.74. The van der Waals surface area contributed by atoms with E-state index in [-0.39, 0.29) is 0 Å². The van der Waals surface area contributed by atoms with E-state index in [1.54, 1.807) is 0 Å². The molecular weight excluding hydrogens is 246 g/mol. The van der Waals surface area contributed by atoms with Crippen molar-refractivity contribution in [1.82, 2.24) is 4.90 Å². The van der Waals surface area contributed by atoms with Gasteiger partial charge in [-0.25, -0.2) is 0 Å². The zero-order chi connectivity index (χ0) is 13.1. The minimum absolute atomic E-state index is 0.461. The highest BCUT2D eigenvalue weighted by Crippen LogP contribution is 2.28. The number of nitriles is 1. The van der Waals surface area contributed by atoms with E-state index in [4.69, 9.17) is 16.9 Å². The molecule has 0 saturated carbocycles. The van der Waals surface area contributed by atoms with Crippen LogP contribution in [0.1, 0.15) is 12.0 Å². The Bertz CT molecular complexity index is 467. The van der Waals surface area contributed by atoms with Crippen LogP contribution >= 0.6 is 11.6 Å². The summed E-state index contributed by atoms with van der Waals surface area (Å²) in [6, 6.07) is 8.68. The fourth-order valence-corrected chi connectivity index (χ4v) is 2.65. The molecule has 1 aliphatic heterocycles. The van der Waals surface area contributed by atoms with Gasteiger partial charge in [-0.3, -0.25) is 4.90 Å². The Labute approximate surface area is 114 Å². The van der Waals surface area contributed by atoms with E-state index in [2.05, 4.69) is 28.9 Å². The number of hydrogen-bond acceptors (Lipinski definition) is 3. The van der Waals surface area contributed by atoms with Gasteiger partial charge in [0.1, 0.15) is 0 Å². The average Bonchev–Trinajstić information content (AvgIpc) is 2.82. The predicted octanol–water partition coefficient (Wildman–Crippen LogP) is 2.68. The van der Waals surface area contributed by atoms with Crippen LogP contribution in [0, 0.1) is 18.3 Å². The number of rotatable bonds is 3. The van der Waals surface area contributed by atoms with Crippen LogP contribution < -0.4 is 4.90 Å². The summed E-state index contributed by atoms with van der Waals surface area (Å²) in [5.41, 5.74) is 2.47. The van der Waals surface area contributed by atoms with Crippen LogP contribution in [-0.2, 0) is 0 Å². The predicted molar refractivity (Wildman–Crippen MR) is 75.1 cm³/mol. The van der Waals surface area contributed by atoms with E-state index in [0.29, 0.717) is 12.6 Å². The normalized spacial score (nSPS) is 19.3. The van der Waals surface area contributed by atoms with Crippen molar-refractivity contribution >= 4 is 17.3 Å². The van der Waals surface area contributed by atoms with Crippen LogP contribution in [-0.4, -0.2) is 37.6 Å². The van der Waals surface area contributed by atoms with Crippen molar-refractivity contribution < 1.29 is 0 Å². The fraction of sp³-hybridized carbons (Fsp3) is 0.500. The van der Waals surface area contributed by atoms with Gasteiger partial charge >= 0.3 is 0 Å². The molecule has 0 N–H and O–H groups in total. The van der Waals surface area contributed by atoms with Crippen LogP contribution in [0.2, 0.25) is 5.02 Å². The number of anilines is 1. The van der Waals surface area contributed by atoms with Gasteiger partial charge in [0.05, 0.1) is 12.6 Å². The second kappa shape index (κ2) is 5.60. The lowest BCUT2D eigenvalue weighted by Crippen LogP contribution is -2.34. The summed E-state index contributed by atoms with van der Waals surface area (Å²) < 4.78 is 0. The van der Waals surface area contributed by atoms with Gasteiger partial charge in [0.15, 0.2) is 0 Å². The molecule has 1 atom stereocenters. The number of nitrogens with zero attached hydrogens (tertiary/aromatic N) is 3. The molecule has 4 heteroatoms. The Morgan fingerprint density at radius 2 is 2.33 bits per heavy atom. The Balaban J connectivity index is 2.09. The zero-order valence-electron chi connectivity index (χ0n) is 10.9. The molecule has 0 aromatic heterocycles. The Kier molecular flexibility index (Phi) is 4.11. The zero-order valence-corrected chi connectivity index (χ0v) is 11.6. The monoisotopic (exact) mass is 263 g/mol. The molecule has 2 rings (SSSR count). The highest BCUT2D eigenvalue weighted by atomic mass is 35.5. The van der Waals surface area contributed by atoms with E-state index < -0.39 is 0 Å². The van der Waals surface area contributed by atoms with Crippen molar-refractivity contribution in [3.8, 4) is 6.07 Å². The molecule has 1 aromatic carbocycles. The summed E-state index contributed by atoms with van der Waals surface area (Å²) in [5.74, 6) is 0. The molecule has 96 valence electrons. The first-order valence-electron chi connectivity index (χ1n) is 6.20. The average molecular weight is 264 g/mol. The molecule has 0 bridgehead atoms. The molecule has 18 heavy (non-hydrogen) atoms. The largest absolute Gasteiger partial charge is 0.370 e. The standard InChI is InChI=1S/C14H18ClN3/c1-11-3-4-12(15)9-14(11)18-7-5-13(10-18)17(2)8-6-16/h3-4,9,13H,5,7-8,10H2,1-2H3. The summed E-state index contributed by atoms with van der Waals surface area (Å²) in [4.78, 5) is 4.49. The van der Waals surface area contributed by atoms with Crippen molar-refractivity contribution in [3.05, 3.63) is 28.8 Å². The second-order valence-corrected chi connectivity index (χ2v) is 5.33. The lowest BCUT2D eigenvalue weighted by molar-refractivity contribution is 0.289. The summed E-state index contributed by atoms with van der Waals surface area (Å²) in [5, 5.41) is 9.52. The highest BCUT2D eigenvalue weighted by Gasteiger charge is 2.26. The number of hydrogen-bond donors (Lipinski definition) is 0. The van der Waals surface area contributed by atoms with Gasteiger partial charge in [-0.2, -0.15) is 5.26 Å². The van der Waals surface area contributed by atoms with Crippen LogP contribution in [0.15, 0.2) is 18.2 Å². The first kappa shape index (κ1) is 13.2. The Morgan fingerprint density at radius 3 is 3.06 bits per heavy atom. The lowest BCUT2D eigenvalue weighted by atomic mass is 10.2. The van der Waals surface area contributed by atoms with Crippen LogP contribution in [0.4, 0.5) is 5.69 Å². The minimum atomic E-state index is 0.461. The maximum Gasteiger partial charge on any atom is 0.0866 e. The molecule has 1 aliphatic rings. The Hall–Kier alpha value is -1.24. The molecule has 1 heterocycles. The van der Waals surface area contributed by atoms with E-state index in [9.17, 15) is 0 Å². The third-order valence-corrected chi connectivity index (χ3v) is 3.85. The van der Waals surface area contributed by atoms with Gasteiger partial charge in [-0.05, 0) is 38.1 Å². The van der Waals surface area contributed by atoms with Crippen LogP contribution in [0.3, 0.4) is 0 Å². The van der Waals surface area contributed by atoms with E-state index in [0.717, 1.165) is 24.5 Å². The number of halogens is 1. The second-order valence-electron chi connectivity index (χ2n) is 4.89. The molecule has 1 aromatic rings.